The molecule has 1 aromatic carbocycles. The molecule has 2 N–H and O–H groups in total. The Kier molecular flexibility index (Phi) is 7.28. The quantitative estimate of drug-likeness (QED) is 0.434. The molecule has 1 atom stereocenters. The number of aromatic nitrogens is 1. The highest BCUT2D eigenvalue weighted by molar-refractivity contribution is 9.10. The minimum atomic E-state index is -4.27. The van der Waals surface area contributed by atoms with E-state index in [2.05, 4.69) is 31.1 Å². The number of hydrogen-bond donors (Lipinski definition) is 2. The first-order valence-corrected chi connectivity index (χ1v) is 10.6. The SMILES string of the molecule is CCCN(c1ccc(/N=N/c2ccc(Br)cn2)c(O)c1)C(CC)S(=O)(=O)O. The van der Waals surface area contributed by atoms with Crippen molar-refractivity contribution in [1.29, 1.82) is 0 Å². The molecule has 27 heavy (non-hydrogen) atoms. The maximum absolute atomic E-state index is 11.7. The summed E-state index contributed by atoms with van der Waals surface area (Å²) in [5.41, 5.74) is 0.694. The highest BCUT2D eigenvalue weighted by Gasteiger charge is 2.28. The predicted molar refractivity (Wildman–Crippen MR) is 107 cm³/mol. The molecule has 0 aliphatic rings. The Morgan fingerprint density at radius 1 is 1.22 bits per heavy atom. The Hall–Kier alpha value is -2.04. The molecule has 10 heteroatoms. The fourth-order valence-electron chi connectivity index (χ4n) is 2.58. The molecule has 146 valence electrons. The van der Waals surface area contributed by atoms with E-state index in [9.17, 15) is 18.1 Å². The van der Waals surface area contributed by atoms with E-state index in [1.54, 1.807) is 36.2 Å². The van der Waals surface area contributed by atoms with Gasteiger partial charge < -0.3 is 10.0 Å². The van der Waals surface area contributed by atoms with E-state index in [1.165, 1.54) is 12.1 Å². The van der Waals surface area contributed by atoms with Crippen molar-refractivity contribution in [3.8, 4) is 5.75 Å². The maximum Gasteiger partial charge on any atom is 0.286 e. The average Bonchev–Trinajstić information content (AvgIpc) is 2.61. The van der Waals surface area contributed by atoms with Crippen LogP contribution < -0.4 is 4.90 Å². The molecule has 0 spiro atoms. The number of benzene rings is 1. The van der Waals surface area contributed by atoms with Gasteiger partial charge in [-0.3, -0.25) is 4.55 Å². The number of hydrogen-bond acceptors (Lipinski definition) is 7. The smallest absolute Gasteiger partial charge is 0.286 e. The average molecular weight is 457 g/mol. The van der Waals surface area contributed by atoms with Crippen molar-refractivity contribution in [3.05, 3.63) is 41.0 Å². The Morgan fingerprint density at radius 2 is 1.96 bits per heavy atom. The van der Waals surface area contributed by atoms with Crippen LogP contribution in [0.5, 0.6) is 5.75 Å². The second-order valence-corrected chi connectivity index (χ2v) is 8.27. The van der Waals surface area contributed by atoms with E-state index in [1.807, 2.05) is 6.92 Å². The Morgan fingerprint density at radius 3 is 2.48 bits per heavy atom. The van der Waals surface area contributed by atoms with Gasteiger partial charge in [-0.2, -0.15) is 8.42 Å². The van der Waals surface area contributed by atoms with Crippen LogP contribution in [-0.4, -0.2) is 35.0 Å². The zero-order chi connectivity index (χ0) is 20.0. The molecular formula is C17H21BrN4O4S. The number of halogens is 1. The second kappa shape index (κ2) is 9.25. The molecule has 0 amide bonds. The van der Waals surface area contributed by atoms with Crippen LogP contribution in [0, 0.1) is 0 Å². The largest absolute Gasteiger partial charge is 0.506 e. The lowest BCUT2D eigenvalue weighted by Crippen LogP contribution is -2.41. The number of pyridine rings is 1. The van der Waals surface area contributed by atoms with Crippen molar-refractivity contribution in [2.75, 3.05) is 11.4 Å². The van der Waals surface area contributed by atoms with Crippen molar-refractivity contribution in [1.82, 2.24) is 4.98 Å². The first-order chi connectivity index (χ1) is 12.8. The number of anilines is 1. The molecule has 1 aromatic heterocycles. The van der Waals surface area contributed by atoms with Gasteiger partial charge in [-0.15, -0.1) is 10.2 Å². The number of aromatic hydroxyl groups is 1. The minimum absolute atomic E-state index is 0.153. The zero-order valence-electron chi connectivity index (χ0n) is 14.9. The summed E-state index contributed by atoms with van der Waals surface area (Å²) in [5.74, 6) is 0.228. The van der Waals surface area contributed by atoms with Crippen molar-refractivity contribution in [2.24, 2.45) is 10.2 Å². The van der Waals surface area contributed by atoms with Gasteiger partial charge in [0, 0.05) is 29.0 Å². The number of phenols is 1. The summed E-state index contributed by atoms with van der Waals surface area (Å²) in [7, 11) is -4.27. The first kappa shape index (κ1) is 21.3. The van der Waals surface area contributed by atoms with Crippen LogP contribution in [0.15, 0.2) is 51.2 Å². The van der Waals surface area contributed by atoms with Crippen LogP contribution >= 0.6 is 15.9 Å². The molecule has 0 aliphatic heterocycles. The van der Waals surface area contributed by atoms with Crippen LogP contribution in [0.3, 0.4) is 0 Å². The molecule has 0 bridgehead atoms. The lowest BCUT2D eigenvalue weighted by molar-refractivity contribution is 0.457. The van der Waals surface area contributed by atoms with Crippen LogP contribution in [0.4, 0.5) is 17.2 Å². The van der Waals surface area contributed by atoms with Gasteiger partial charge in [0.1, 0.15) is 11.4 Å². The lowest BCUT2D eigenvalue weighted by Gasteiger charge is -2.30. The van der Waals surface area contributed by atoms with Crippen molar-refractivity contribution >= 4 is 43.2 Å². The molecule has 2 rings (SSSR count). The fraction of sp³-hybridized carbons (Fsp3) is 0.353. The standard InChI is InChI=1S/C17H21BrN4O4S/c1-3-9-22(17(4-2)27(24,25)26)13-6-7-14(15(23)10-13)20-21-16-8-5-12(18)11-19-16/h5-8,10-11,17,23H,3-4,9H2,1-2H3,(H,24,25,26)/b21-20+. The molecule has 0 aliphatic carbocycles. The monoisotopic (exact) mass is 456 g/mol. The van der Waals surface area contributed by atoms with Gasteiger partial charge in [-0.25, -0.2) is 4.98 Å². The van der Waals surface area contributed by atoms with Crippen LogP contribution in [-0.2, 0) is 10.1 Å². The van der Waals surface area contributed by atoms with Gasteiger partial charge >= 0.3 is 0 Å². The summed E-state index contributed by atoms with van der Waals surface area (Å²) in [5, 5.41) is 17.1. The molecule has 2 aromatic rings. The third-order valence-electron chi connectivity index (χ3n) is 3.77. The summed E-state index contributed by atoms with van der Waals surface area (Å²) < 4.78 is 33.7. The summed E-state index contributed by atoms with van der Waals surface area (Å²) in [6.45, 7) is 3.98. The Bertz CT molecular complexity index is 904. The van der Waals surface area contributed by atoms with E-state index in [0.29, 0.717) is 24.5 Å². The van der Waals surface area contributed by atoms with Gasteiger partial charge in [0.15, 0.2) is 11.2 Å². The first-order valence-electron chi connectivity index (χ1n) is 8.35. The Balaban J connectivity index is 2.31. The number of azo groups is 1. The summed E-state index contributed by atoms with van der Waals surface area (Å²) in [6, 6.07) is 8.01. The molecule has 1 unspecified atom stereocenters. The summed E-state index contributed by atoms with van der Waals surface area (Å²) >= 11 is 3.28. The normalized spacial score (nSPS) is 13.0. The van der Waals surface area contributed by atoms with E-state index >= 15 is 0 Å². The molecule has 0 saturated heterocycles. The Labute approximate surface area is 166 Å². The van der Waals surface area contributed by atoms with Gasteiger partial charge in [0.2, 0.25) is 0 Å². The van der Waals surface area contributed by atoms with E-state index in [4.69, 9.17) is 0 Å². The van der Waals surface area contributed by atoms with Crippen molar-refractivity contribution in [2.45, 2.75) is 32.1 Å². The molecule has 0 fully saturated rings. The number of phenolic OH excluding ortho intramolecular Hbond substituents is 1. The molecule has 8 nitrogen and oxygen atoms in total. The van der Waals surface area contributed by atoms with Crippen LogP contribution in [0.1, 0.15) is 26.7 Å². The third kappa shape index (κ3) is 5.72. The number of nitrogens with zero attached hydrogens (tertiary/aromatic N) is 4. The van der Waals surface area contributed by atoms with Crippen LogP contribution in [0.2, 0.25) is 0 Å². The molecule has 0 radical (unpaired) electrons. The highest BCUT2D eigenvalue weighted by Crippen LogP contribution is 2.33. The fourth-order valence-corrected chi connectivity index (χ4v) is 3.78. The summed E-state index contributed by atoms with van der Waals surface area (Å²) in [6.07, 6.45) is 2.46. The zero-order valence-corrected chi connectivity index (χ0v) is 17.4. The predicted octanol–water partition coefficient (Wildman–Crippen LogP) is 4.81. The van der Waals surface area contributed by atoms with E-state index in [0.717, 1.165) is 4.47 Å². The van der Waals surface area contributed by atoms with E-state index in [-0.39, 0.29) is 17.9 Å². The van der Waals surface area contributed by atoms with E-state index < -0.39 is 15.5 Å². The van der Waals surface area contributed by atoms with Gasteiger partial charge in [-0.1, -0.05) is 13.8 Å². The number of rotatable bonds is 8. The van der Waals surface area contributed by atoms with Gasteiger partial charge in [0.25, 0.3) is 10.1 Å². The minimum Gasteiger partial charge on any atom is -0.506 e. The van der Waals surface area contributed by atoms with Crippen molar-refractivity contribution in [3.63, 3.8) is 0 Å². The summed E-state index contributed by atoms with van der Waals surface area (Å²) in [4.78, 5) is 5.61. The van der Waals surface area contributed by atoms with Gasteiger partial charge in [-0.05, 0) is 53.0 Å². The maximum atomic E-state index is 11.7. The molecular weight excluding hydrogens is 436 g/mol. The topological polar surface area (TPSA) is 115 Å². The second-order valence-electron chi connectivity index (χ2n) is 5.78. The highest BCUT2D eigenvalue weighted by atomic mass is 79.9. The molecule has 0 saturated carbocycles. The van der Waals surface area contributed by atoms with Crippen LogP contribution in [0.25, 0.3) is 0 Å². The third-order valence-corrected chi connectivity index (χ3v) is 5.51. The molecule has 1 heterocycles. The van der Waals surface area contributed by atoms with Gasteiger partial charge in [0.05, 0.1) is 0 Å². The van der Waals surface area contributed by atoms with Crippen molar-refractivity contribution < 1.29 is 18.1 Å². The lowest BCUT2D eigenvalue weighted by atomic mass is 10.2.